The highest BCUT2D eigenvalue weighted by atomic mass is 16.3. The molecule has 1 aromatic rings. The molecule has 1 aromatic carbocycles. The van der Waals surface area contributed by atoms with Gasteiger partial charge in [-0.25, -0.2) is 0 Å². The largest absolute Gasteiger partial charge is 0.508 e. The minimum atomic E-state index is 0.0554. The number of Topliss-reactive ketones (excluding diaryl/α,β-unsaturated/α-hetero) is 1. The number of hydrogen-bond acceptors (Lipinski definition) is 2. The molecule has 0 spiro atoms. The zero-order valence-electron chi connectivity index (χ0n) is 9.58. The van der Waals surface area contributed by atoms with E-state index in [1.54, 1.807) is 18.2 Å². The molecule has 0 aromatic heterocycles. The fraction of sp³-hybridized carbons (Fsp3) is 0.462. The number of aryl methyl sites for hydroxylation is 1. The van der Waals surface area contributed by atoms with Crippen LogP contribution in [0.15, 0.2) is 18.2 Å². The number of carbonyl (C=O) groups excluding carboxylic acids is 1. The van der Waals surface area contributed by atoms with Gasteiger partial charge in [-0.1, -0.05) is 20.8 Å². The van der Waals surface area contributed by atoms with Crippen molar-refractivity contribution < 1.29 is 9.90 Å². The summed E-state index contributed by atoms with van der Waals surface area (Å²) in [7, 11) is 0. The van der Waals surface area contributed by atoms with E-state index in [4.69, 9.17) is 0 Å². The Morgan fingerprint density at radius 2 is 2.07 bits per heavy atom. The van der Waals surface area contributed by atoms with E-state index < -0.39 is 0 Å². The molecule has 0 saturated carbocycles. The van der Waals surface area contributed by atoms with Crippen LogP contribution in [0, 0.1) is 5.92 Å². The Morgan fingerprint density at radius 1 is 1.40 bits per heavy atom. The average molecular weight is 206 g/mol. The van der Waals surface area contributed by atoms with Gasteiger partial charge in [0.1, 0.15) is 5.75 Å². The Balaban J connectivity index is 3.08. The summed E-state index contributed by atoms with van der Waals surface area (Å²) in [6, 6.07) is 4.98. The quantitative estimate of drug-likeness (QED) is 0.768. The summed E-state index contributed by atoms with van der Waals surface area (Å²) in [6.07, 6.45) is 1.62. The summed E-state index contributed by atoms with van der Waals surface area (Å²) >= 11 is 0. The fourth-order valence-corrected chi connectivity index (χ4v) is 1.56. The lowest BCUT2D eigenvalue weighted by molar-refractivity contribution is 0.0926. The number of aromatic hydroxyl groups is 1. The molecule has 1 rings (SSSR count). The molecule has 0 amide bonds. The fourth-order valence-electron chi connectivity index (χ4n) is 1.56. The van der Waals surface area contributed by atoms with Gasteiger partial charge in [0, 0.05) is 11.5 Å². The van der Waals surface area contributed by atoms with E-state index in [9.17, 15) is 9.90 Å². The van der Waals surface area contributed by atoms with Gasteiger partial charge in [-0.2, -0.15) is 0 Å². The molecule has 1 unspecified atom stereocenters. The van der Waals surface area contributed by atoms with Gasteiger partial charge < -0.3 is 5.11 Å². The van der Waals surface area contributed by atoms with Crippen LogP contribution >= 0.6 is 0 Å². The van der Waals surface area contributed by atoms with E-state index in [0.29, 0.717) is 0 Å². The highest BCUT2D eigenvalue weighted by molar-refractivity contribution is 5.99. The number of phenolic OH excluding ortho intramolecular Hbond substituents is 1. The summed E-state index contributed by atoms with van der Waals surface area (Å²) in [4.78, 5) is 12.0. The first-order valence-corrected chi connectivity index (χ1v) is 5.46. The Bertz CT molecular complexity index is 356. The Kier molecular flexibility index (Phi) is 3.89. The third kappa shape index (κ3) is 2.58. The van der Waals surface area contributed by atoms with Crippen molar-refractivity contribution in [3.05, 3.63) is 29.3 Å². The van der Waals surface area contributed by atoms with Crippen LogP contribution in [-0.4, -0.2) is 10.9 Å². The van der Waals surface area contributed by atoms with Crippen LogP contribution in [0.5, 0.6) is 5.75 Å². The predicted octanol–water partition coefficient (Wildman–Crippen LogP) is 3.18. The predicted molar refractivity (Wildman–Crippen MR) is 61.3 cm³/mol. The number of rotatable bonds is 4. The van der Waals surface area contributed by atoms with E-state index in [0.717, 1.165) is 24.0 Å². The van der Waals surface area contributed by atoms with Gasteiger partial charge in [-0.3, -0.25) is 4.79 Å². The van der Waals surface area contributed by atoms with Crippen LogP contribution in [0.3, 0.4) is 0 Å². The molecule has 0 saturated heterocycles. The molecule has 1 atom stereocenters. The van der Waals surface area contributed by atoms with Crippen molar-refractivity contribution in [2.75, 3.05) is 0 Å². The van der Waals surface area contributed by atoms with Crippen LogP contribution in [-0.2, 0) is 6.42 Å². The van der Waals surface area contributed by atoms with Crippen LogP contribution in [0.2, 0.25) is 0 Å². The number of ketones is 1. The maximum atomic E-state index is 12.0. The molecule has 0 aliphatic heterocycles. The van der Waals surface area contributed by atoms with Crippen molar-refractivity contribution in [3.8, 4) is 5.75 Å². The molecule has 2 heteroatoms. The minimum absolute atomic E-state index is 0.0554. The molecule has 1 N–H and O–H groups in total. The second-order valence-electron chi connectivity index (χ2n) is 3.87. The normalized spacial score (nSPS) is 12.5. The first-order chi connectivity index (χ1) is 7.10. The molecule has 2 nitrogen and oxygen atoms in total. The second-order valence-corrected chi connectivity index (χ2v) is 3.87. The standard InChI is InChI=1S/C13H18O2/c1-4-9(3)13(15)12-7-6-11(14)8-10(12)5-2/h6-9,14H,4-5H2,1-3H3. The van der Waals surface area contributed by atoms with Gasteiger partial charge in [0.15, 0.2) is 5.78 Å². The molecule has 82 valence electrons. The lowest BCUT2D eigenvalue weighted by atomic mass is 9.92. The minimum Gasteiger partial charge on any atom is -0.508 e. The van der Waals surface area contributed by atoms with Crippen LogP contribution < -0.4 is 0 Å². The maximum Gasteiger partial charge on any atom is 0.165 e. The summed E-state index contributed by atoms with van der Waals surface area (Å²) < 4.78 is 0. The number of benzene rings is 1. The lowest BCUT2D eigenvalue weighted by Gasteiger charge is -2.11. The van der Waals surface area contributed by atoms with Crippen LogP contribution in [0.4, 0.5) is 0 Å². The van der Waals surface area contributed by atoms with Crippen molar-refractivity contribution in [1.29, 1.82) is 0 Å². The van der Waals surface area contributed by atoms with Crippen molar-refractivity contribution in [2.24, 2.45) is 5.92 Å². The zero-order valence-corrected chi connectivity index (χ0v) is 9.58. The van der Waals surface area contributed by atoms with Crippen molar-refractivity contribution in [2.45, 2.75) is 33.6 Å². The van der Waals surface area contributed by atoms with Crippen molar-refractivity contribution in [1.82, 2.24) is 0 Å². The Morgan fingerprint density at radius 3 is 2.60 bits per heavy atom. The first kappa shape index (κ1) is 11.8. The monoisotopic (exact) mass is 206 g/mol. The highest BCUT2D eigenvalue weighted by Gasteiger charge is 2.16. The third-order valence-electron chi connectivity index (χ3n) is 2.80. The summed E-state index contributed by atoms with van der Waals surface area (Å²) in [5.41, 5.74) is 1.69. The topological polar surface area (TPSA) is 37.3 Å². The van der Waals surface area contributed by atoms with Gasteiger partial charge in [-0.15, -0.1) is 0 Å². The molecule has 0 aliphatic carbocycles. The van der Waals surface area contributed by atoms with Gasteiger partial charge >= 0.3 is 0 Å². The van der Waals surface area contributed by atoms with Gasteiger partial charge in [-0.05, 0) is 36.6 Å². The number of hydrogen-bond donors (Lipinski definition) is 1. The van der Waals surface area contributed by atoms with Crippen LogP contribution in [0.25, 0.3) is 0 Å². The Labute approximate surface area is 90.9 Å². The molecule has 0 bridgehead atoms. The third-order valence-corrected chi connectivity index (χ3v) is 2.80. The number of carbonyl (C=O) groups is 1. The molecule has 0 heterocycles. The van der Waals surface area contributed by atoms with E-state index in [2.05, 4.69) is 0 Å². The molecular weight excluding hydrogens is 188 g/mol. The van der Waals surface area contributed by atoms with Gasteiger partial charge in [0.25, 0.3) is 0 Å². The van der Waals surface area contributed by atoms with Gasteiger partial charge in [0.2, 0.25) is 0 Å². The zero-order chi connectivity index (χ0) is 11.4. The van der Waals surface area contributed by atoms with Crippen molar-refractivity contribution in [3.63, 3.8) is 0 Å². The van der Waals surface area contributed by atoms with Crippen LogP contribution in [0.1, 0.15) is 43.1 Å². The molecule has 0 radical (unpaired) electrons. The molecule has 15 heavy (non-hydrogen) atoms. The molecular formula is C13H18O2. The van der Waals surface area contributed by atoms with E-state index >= 15 is 0 Å². The summed E-state index contributed by atoms with van der Waals surface area (Å²) in [5, 5.41) is 9.33. The SMILES string of the molecule is CCc1cc(O)ccc1C(=O)C(C)CC. The van der Waals surface area contributed by atoms with E-state index in [1.165, 1.54) is 0 Å². The smallest absolute Gasteiger partial charge is 0.165 e. The van der Waals surface area contributed by atoms with E-state index in [-0.39, 0.29) is 17.5 Å². The lowest BCUT2D eigenvalue weighted by Crippen LogP contribution is -2.12. The van der Waals surface area contributed by atoms with Crippen molar-refractivity contribution >= 4 is 5.78 Å². The van der Waals surface area contributed by atoms with E-state index in [1.807, 2.05) is 20.8 Å². The number of phenols is 1. The summed E-state index contributed by atoms with van der Waals surface area (Å²) in [6.45, 7) is 5.94. The maximum absolute atomic E-state index is 12.0. The highest BCUT2D eigenvalue weighted by Crippen LogP contribution is 2.21. The Hall–Kier alpha value is -1.31. The summed E-state index contributed by atoms with van der Waals surface area (Å²) in [5.74, 6) is 0.460. The average Bonchev–Trinajstić information content (AvgIpc) is 2.26. The second kappa shape index (κ2) is 4.96. The first-order valence-electron chi connectivity index (χ1n) is 5.46. The molecule has 0 aliphatic rings. The molecule has 0 fully saturated rings. The van der Waals surface area contributed by atoms with Gasteiger partial charge in [0.05, 0.1) is 0 Å².